The van der Waals surface area contributed by atoms with Crippen LogP contribution in [-0.4, -0.2) is 41.2 Å². The maximum absolute atomic E-state index is 13.7. The number of fused-ring (bicyclic) bond motifs is 3. The molecule has 158 valence electrons. The van der Waals surface area contributed by atoms with Gasteiger partial charge >= 0.3 is 0 Å². The number of anilines is 1. The molecule has 1 aliphatic carbocycles. The molecule has 5 nitrogen and oxygen atoms in total. The van der Waals surface area contributed by atoms with Crippen LogP contribution in [0.2, 0.25) is 0 Å². The molecular formula is C22H24F2N4OS. The van der Waals surface area contributed by atoms with Gasteiger partial charge in [-0.2, -0.15) is 0 Å². The molecule has 0 saturated carbocycles. The number of aryl methyl sites for hydroxylation is 2. The number of nitrogens with one attached hydrogen (secondary N) is 1. The Labute approximate surface area is 178 Å². The molecule has 1 aromatic carbocycles. The van der Waals surface area contributed by atoms with E-state index < -0.39 is 11.6 Å². The predicted molar refractivity (Wildman–Crippen MR) is 114 cm³/mol. The van der Waals surface area contributed by atoms with Crippen molar-refractivity contribution in [2.75, 3.05) is 31.6 Å². The molecule has 2 aromatic heterocycles. The fraction of sp³-hybridized carbons (Fsp3) is 0.455. The molecule has 0 amide bonds. The number of nitrogens with zero attached hydrogens (tertiary/aromatic N) is 3. The van der Waals surface area contributed by atoms with Gasteiger partial charge in [-0.15, -0.1) is 11.3 Å². The quantitative estimate of drug-likeness (QED) is 0.648. The van der Waals surface area contributed by atoms with Crippen molar-refractivity contribution < 1.29 is 13.5 Å². The molecule has 1 atom stereocenters. The Balaban J connectivity index is 1.50. The van der Waals surface area contributed by atoms with Crippen molar-refractivity contribution in [1.82, 2.24) is 14.9 Å². The van der Waals surface area contributed by atoms with Crippen LogP contribution in [0.4, 0.5) is 14.6 Å². The Kier molecular flexibility index (Phi) is 5.39. The third-order valence-corrected chi connectivity index (χ3v) is 7.06. The van der Waals surface area contributed by atoms with Crippen LogP contribution in [0.25, 0.3) is 10.2 Å². The first-order valence-corrected chi connectivity index (χ1v) is 11.2. The van der Waals surface area contributed by atoms with Crippen LogP contribution in [0.15, 0.2) is 18.2 Å². The Morgan fingerprint density at radius 1 is 1.17 bits per heavy atom. The first-order valence-electron chi connectivity index (χ1n) is 10.4. The third-order valence-electron chi connectivity index (χ3n) is 5.88. The smallest absolute Gasteiger partial charge is 0.159 e. The van der Waals surface area contributed by atoms with E-state index in [0.717, 1.165) is 67.4 Å². The highest BCUT2D eigenvalue weighted by atomic mass is 32.1. The van der Waals surface area contributed by atoms with Crippen molar-refractivity contribution in [1.29, 1.82) is 0 Å². The van der Waals surface area contributed by atoms with Crippen molar-refractivity contribution in [2.45, 2.75) is 38.8 Å². The van der Waals surface area contributed by atoms with Gasteiger partial charge in [-0.05, 0) is 49.4 Å². The summed E-state index contributed by atoms with van der Waals surface area (Å²) in [6.07, 6.45) is 3.29. The fourth-order valence-corrected chi connectivity index (χ4v) is 5.52. The van der Waals surface area contributed by atoms with E-state index in [4.69, 9.17) is 14.7 Å². The van der Waals surface area contributed by atoms with Crippen molar-refractivity contribution in [3.63, 3.8) is 0 Å². The van der Waals surface area contributed by atoms with Crippen LogP contribution < -0.4 is 5.32 Å². The Hall–Kier alpha value is -2.16. The lowest BCUT2D eigenvalue weighted by Gasteiger charge is -2.26. The number of thiophene rings is 1. The summed E-state index contributed by atoms with van der Waals surface area (Å²) in [5.41, 5.74) is 2.02. The summed E-state index contributed by atoms with van der Waals surface area (Å²) < 4.78 is 32.5. The zero-order valence-corrected chi connectivity index (χ0v) is 17.7. The van der Waals surface area contributed by atoms with E-state index in [1.807, 2.05) is 6.92 Å². The number of halogens is 2. The van der Waals surface area contributed by atoms with Crippen molar-refractivity contribution >= 4 is 27.4 Å². The zero-order valence-electron chi connectivity index (χ0n) is 16.9. The standard InChI is InChI=1S/C22H24F2N4OS/c1-13(14-5-6-16(23)17(24)11-14)25-21-20-15-3-2-4-18(15)30-22(20)27-19(26-21)12-28-7-9-29-10-8-28/h5-6,11,13H,2-4,7-10,12H2,1H3,(H,25,26,27)/t13-/m1/s1. The monoisotopic (exact) mass is 430 g/mol. The number of ether oxygens (including phenoxy) is 1. The highest BCUT2D eigenvalue weighted by Gasteiger charge is 2.24. The van der Waals surface area contributed by atoms with Crippen LogP contribution in [-0.2, 0) is 24.1 Å². The normalized spacial score (nSPS) is 18.0. The lowest BCUT2D eigenvalue weighted by atomic mass is 10.1. The lowest BCUT2D eigenvalue weighted by Crippen LogP contribution is -2.36. The summed E-state index contributed by atoms with van der Waals surface area (Å²) in [4.78, 5) is 14.5. The van der Waals surface area contributed by atoms with Crippen molar-refractivity contribution in [3.05, 3.63) is 51.7 Å². The van der Waals surface area contributed by atoms with E-state index in [-0.39, 0.29) is 6.04 Å². The van der Waals surface area contributed by atoms with E-state index in [0.29, 0.717) is 12.1 Å². The van der Waals surface area contributed by atoms with Crippen molar-refractivity contribution in [2.24, 2.45) is 0 Å². The number of hydrogen-bond acceptors (Lipinski definition) is 6. The maximum Gasteiger partial charge on any atom is 0.159 e. The molecule has 0 bridgehead atoms. The number of morpholine rings is 1. The summed E-state index contributed by atoms with van der Waals surface area (Å²) in [6, 6.07) is 3.82. The molecule has 8 heteroatoms. The van der Waals surface area contributed by atoms with Gasteiger partial charge in [-0.3, -0.25) is 4.90 Å². The summed E-state index contributed by atoms with van der Waals surface area (Å²) in [5, 5.41) is 4.55. The third kappa shape index (κ3) is 3.79. The fourth-order valence-electron chi connectivity index (χ4n) is 4.24. The van der Waals surface area contributed by atoms with Crippen LogP contribution in [0, 0.1) is 11.6 Å². The molecule has 0 unspecified atom stereocenters. The summed E-state index contributed by atoms with van der Waals surface area (Å²) in [6.45, 7) is 5.82. The molecular weight excluding hydrogens is 406 g/mol. The second-order valence-electron chi connectivity index (χ2n) is 7.95. The van der Waals surface area contributed by atoms with Gasteiger partial charge in [0.25, 0.3) is 0 Å². The maximum atomic E-state index is 13.7. The number of hydrogen-bond donors (Lipinski definition) is 1. The molecule has 1 aliphatic heterocycles. The molecule has 3 aromatic rings. The molecule has 0 radical (unpaired) electrons. The van der Waals surface area contributed by atoms with Gasteiger partial charge in [0.2, 0.25) is 0 Å². The number of benzene rings is 1. The van der Waals surface area contributed by atoms with Gasteiger partial charge in [-0.1, -0.05) is 6.07 Å². The average Bonchev–Trinajstić information content (AvgIpc) is 3.31. The summed E-state index contributed by atoms with van der Waals surface area (Å²) in [7, 11) is 0. The average molecular weight is 431 g/mol. The largest absolute Gasteiger partial charge is 0.379 e. The Bertz CT molecular complexity index is 1080. The predicted octanol–water partition coefficient (Wildman–Crippen LogP) is 4.46. The van der Waals surface area contributed by atoms with Crippen LogP contribution in [0.3, 0.4) is 0 Å². The van der Waals surface area contributed by atoms with E-state index >= 15 is 0 Å². The minimum Gasteiger partial charge on any atom is -0.379 e. The Morgan fingerprint density at radius 2 is 2.00 bits per heavy atom. The van der Waals surface area contributed by atoms with E-state index in [1.165, 1.54) is 22.6 Å². The summed E-state index contributed by atoms with van der Waals surface area (Å²) in [5.74, 6) is -0.0959. The molecule has 0 spiro atoms. The van der Waals surface area contributed by atoms with Crippen LogP contribution in [0.5, 0.6) is 0 Å². The first-order chi connectivity index (χ1) is 14.6. The molecule has 1 saturated heterocycles. The highest BCUT2D eigenvalue weighted by Crippen LogP contribution is 2.40. The second kappa shape index (κ2) is 8.17. The molecule has 3 heterocycles. The minimum absolute atomic E-state index is 0.216. The van der Waals surface area contributed by atoms with Crippen LogP contribution in [0.1, 0.15) is 41.2 Å². The van der Waals surface area contributed by atoms with E-state index in [9.17, 15) is 8.78 Å². The van der Waals surface area contributed by atoms with Gasteiger partial charge in [-0.25, -0.2) is 18.7 Å². The molecule has 2 aliphatic rings. The minimum atomic E-state index is -0.835. The molecule has 5 rings (SSSR count). The topological polar surface area (TPSA) is 50.3 Å². The second-order valence-corrected chi connectivity index (χ2v) is 9.04. The van der Waals surface area contributed by atoms with Crippen molar-refractivity contribution in [3.8, 4) is 0 Å². The lowest BCUT2D eigenvalue weighted by molar-refractivity contribution is 0.0331. The number of aromatic nitrogens is 2. The molecule has 30 heavy (non-hydrogen) atoms. The molecule has 1 fully saturated rings. The van der Waals surface area contributed by atoms with Gasteiger partial charge < -0.3 is 10.1 Å². The van der Waals surface area contributed by atoms with E-state index in [1.54, 1.807) is 17.4 Å². The first kappa shape index (κ1) is 19.8. The highest BCUT2D eigenvalue weighted by molar-refractivity contribution is 7.19. The van der Waals surface area contributed by atoms with Gasteiger partial charge in [0, 0.05) is 18.0 Å². The SMILES string of the molecule is C[C@@H](Nc1nc(CN2CCOCC2)nc2sc3c(c12)CCC3)c1ccc(F)c(F)c1. The zero-order chi connectivity index (χ0) is 20.7. The summed E-state index contributed by atoms with van der Waals surface area (Å²) >= 11 is 1.76. The Morgan fingerprint density at radius 3 is 2.80 bits per heavy atom. The van der Waals surface area contributed by atoms with Gasteiger partial charge in [0.1, 0.15) is 16.5 Å². The van der Waals surface area contributed by atoms with Gasteiger partial charge in [0.15, 0.2) is 11.6 Å². The van der Waals surface area contributed by atoms with E-state index in [2.05, 4.69) is 10.2 Å². The van der Waals surface area contributed by atoms with Crippen LogP contribution >= 0.6 is 11.3 Å². The number of rotatable bonds is 5. The van der Waals surface area contributed by atoms with Gasteiger partial charge in [0.05, 0.1) is 31.2 Å². The molecule has 1 N–H and O–H groups in total.